The normalized spacial score (nSPS) is 11.2. The molecule has 5 aromatic rings. The lowest BCUT2D eigenvalue weighted by Crippen LogP contribution is -2.17. The summed E-state index contributed by atoms with van der Waals surface area (Å²) in [7, 11) is 0. The van der Waals surface area contributed by atoms with Gasteiger partial charge in [0.25, 0.3) is 5.91 Å². The van der Waals surface area contributed by atoms with Crippen molar-refractivity contribution < 1.29 is 4.79 Å². The van der Waals surface area contributed by atoms with Gasteiger partial charge >= 0.3 is 0 Å². The number of hydrazone groups is 1. The van der Waals surface area contributed by atoms with Crippen LogP contribution >= 0.6 is 0 Å². The lowest BCUT2D eigenvalue weighted by Gasteiger charge is -2.07. The molecule has 0 radical (unpaired) electrons. The van der Waals surface area contributed by atoms with Crippen LogP contribution in [-0.4, -0.2) is 17.1 Å². The number of H-pyrrole nitrogens is 1. The molecule has 5 heteroatoms. The van der Waals surface area contributed by atoms with Crippen LogP contribution in [0.5, 0.6) is 0 Å². The van der Waals surface area contributed by atoms with Gasteiger partial charge in [-0.25, -0.2) is 5.43 Å². The Balaban J connectivity index is 1.23. The van der Waals surface area contributed by atoms with Crippen molar-refractivity contribution in [1.82, 2.24) is 10.4 Å². The first-order valence-electron chi connectivity index (χ1n) is 10.5. The van der Waals surface area contributed by atoms with Crippen molar-refractivity contribution in [2.45, 2.75) is 6.54 Å². The van der Waals surface area contributed by atoms with Crippen molar-refractivity contribution >= 4 is 39.5 Å². The number of fused-ring (bicyclic) bond motifs is 3. The molecule has 0 fully saturated rings. The molecule has 4 aromatic carbocycles. The highest BCUT2D eigenvalue weighted by Crippen LogP contribution is 2.26. The summed E-state index contributed by atoms with van der Waals surface area (Å²) in [5, 5.41) is 10.9. The SMILES string of the molecule is O=C(NN=Cc1c[nH]c2c1ccc1ccccc12)c1ccc(NCc2ccccc2)cc1. The monoisotopic (exact) mass is 418 g/mol. The van der Waals surface area contributed by atoms with Gasteiger partial charge in [-0.15, -0.1) is 0 Å². The van der Waals surface area contributed by atoms with Crippen LogP contribution in [0.25, 0.3) is 21.7 Å². The van der Waals surface area contributed by atoms with Crippen LogP contribution in [0, 0.1) is 0 Å². The summed E-state index contributed by atoms with van der Waals surface area (Å²) in [6.45, 7) is 0.733. The third kappa shape index (κ3) is 4.09. The number of benzene rings is 4. The number of amides is 1. The molecule has 0 aliphatic heterocycles. The maximum Gasteiger partial charge on any atom is 0.271 e. The van der Waals surface area contributed by atoms with Gasteiger partial charge in [0.05, 0.1) is 11.7 Å². The molecular weight excluding hydrogens is 396 g/mol. The molecule has 0 atom stereocenters. The highest BCUT2D eigenvalue weighted by atomic mass is 16.2. The number of hydrogen-bond acceptors (Lipinski definition) is 3. The minimum atomic E-state index is -0.249. The molecule has 5 rings (SSSR count). The average molecular weight is 419 g/mol. The third-order valence-corrected chi connectivity index (χ3v) is 5.47. The molecule has 0 bridgehead atoms. The predicted molar refractivity (Wildman–Crippen MR) is 131 cm³/mol. The Morgan fingerprint density at radius 3 is 2.47 bits per heavy atom. The van der Waals surface area contributed by atoms with E-state index in [0.29, 0.717) is 5.56 Å². The highest BCUT2D eigenvalue weighted by Gasteiger charge is 2.07. The van der Waals surface area contributed by atoms with Gasteiger partial charge < -0.3 is 10.3 Å². The number of aromatic nitrogens is 1. The average Bonchev–Trinajstić information content (AvgIpc) is 3.27. The zero-order chi connectivity index (χ0) is 21.8. The second-order valence-corrected chi connectivity index (χ2v) is 7.57. The number of anilines is 1. The quantitative estimate of drug-likeness (QED) is 0.245. The van der Waals surface area contributed by atoms with E-state index in [1.54, 1.807) is 18.3 Å². The van der Waals surface area contributed by atoms with Crippen LogP contribution in [0.4, 0.5) is 5.69 Å². The number of aromatic amines is 1. The molecule has 3 N–H and O–H groups in total. The van der Waals surface area contributed by atoms with Crippen LogP contribution < -0.4 is 10.7 Å². The molecule has 0 saturated carbocycles. The van der Waals surface area contributed by atoms with Gasteiger partial charge in [-0.05, 0) is 35.2 Å². The van der Waals surface area contributed by atoms with E-state index in [9.17, 15) is 4.79 Å². The van der Waals surface area contributed by atoms with E-state index >= 15 is 0 Å². The third-order valence-electron chi connectivity index (χ3n) is 5.47. The maximum atomic E-state index is 12.4. The van der Waals surface area contributed by atoms with Crippen molar-refractivity contribution in [3.05, 3.63) is 114 Å². The van der Waals surface area contributed by atoms with Gasteiger partial charge in [-0.2, -0.15) is 5.10 Å². The molecule has 0 saturated heterocycles. The van der Waals surface area contributed by atoms with E-state index in [1.165, 1.54) is 10.9 Å². The van der Waals surface area contributed by atoms with Crippen LogP contribution in [0.15, 0.2) is 102 Å². The molecule has 0 unspecified atom stereocenters. The second kappa shape index (κ2) is 8.78. The first kappa shape index (κ1) is 19.6. The standard InChI is InChI=1S/C27H22N4O/c32-27(21-10-13-23(14-11-21)28-16-19-6-2-1-3-7-19)31-30-18-22-17-29-26-24-9-5-4-8-20(24)12-15-25(22)26/h1-15,17-18,28-29H,16H2,(H,31,32). The van der Waals surface area contributed by atoms with E-state index in [4.69, 9.17) is 0 Å². The topological polar surface area (TPSA) is 69.3 Å². The van der Waals surface area contributed by atoms with Gasteiger partial charge in [-0.1, -0.05) is 66.7 Å². The first-order chi connectivity index (χ1) is 15.8. The first-order valence-corrected chi connectivity index (χ1v) is 10.5. The van der Waals surface area contributed by atoms with Gasteiger partial charge in [0, 0.05) is 40.3 Å². The molecule has 1 aromatic heterocycles. The van der Waals surface area contributed by atoms with E-state index in [0.717, 1.165) is 34.1 Å². The van der Waals surface area contributed by atoms with Crippen molar-refractivity contribution in [3.8, 4) is 0 Å². The van der Waals surface area contributed by atoms with E-state index < -0.39 is 0 Å². The predicted octanol–water partition coefficient (Wildman–Crippen LogP) is 5.70. The molecule has 32 heavy (non-hydrogen) atoms. The van der Waals surface area contributed by atoms with Crippen LogP contribution in [0.3, 0.4) is 0 Å². The fourth-order valence-corrected chi connectivity index (χ4v) is 3.77. The molecule has 5 nitrogen and oxygen atoms in total. The summed E-state index contributed by atoms with van der Waals surface area (Å²) >= 11 is 0. The smallest absolute Gasteiger partial charge is 0.271 e. The summed E-state index contributed by atoms with van der Waals surface area (Å²) in [5.74, 6) is -0.249. The van der Waals surface area contributed by atoms with Gasteiger partial charge in [0.15, 0.2) is 0 Å². The van der Waals surface area contributed by atoms with E-state index in [-0.39, 0.29) is 5.91 Å². The fraction of sp³-hybridized carbons (Fsp3) is 0.0370. The van der Waals surface area contributed by atoms with Crippen LogP contribution in [0.1, 0.15) is 21.5 Å². The summed E-state index contributed by atoms with van der Waals surface area (Å²) in [6.07, 6.45) is 3.57. The molecular formula is C27H22N4O. The van der Waals surface area contributed by atoms with E-state index in [1.807, 2.05) is 48.7 Å². The minimum Gasteiger partial charge on any atom is -0.381 e. The molecule has 156 valence electrons. The Kier molecular flexibility index (Phi) is 5.37. The zero-order valence-electron chi connectivity index (χ0n) is 17.4. The molecule has 0 aliphatic rings. The summed E-state index contributed by atoms with van der Waals surface area (Å²) in [6, 6.07) is 29.9. The molecule has 1 heterocycles. The largest absolute Gasteiger partial charge is 0.381 e. The lowest BCUT2D eigenvalue weighted by atomic mass is 10.1. The van der Waals surface area contributed by atoms with Crippen molar-refractivity contribution in [3.63, 3.8) is 0 Å². The maximum absolute atomic E-state index is 12.4. The Morgan fingerprint density at radius 2 is 1.62 bits per heavy atom. The number of nitrogens with one attached hydrogen (secondary N) is 3. The number of rotatable bonds is 6. The fourth-order valence-electron chi connectivity index (χ4n) is 3.77. The number of carbonyl (C=O) groups is 1. The van der Waals surface area contributed by atoms with Crippen molar-refractivity contribution in [1.29, 1.82) is 0 Å². The molecule has 1 amide bonds. The summed E-state index contributed by atoms with van der Waals surface area (Å²) < 4.78 is 0. The minimum absolute atomic E-state index is 0.249. The van der Waals surface area contributed by atoms with Crippen molar-refractivity contribution in [2.75, 3.05) is 5.32 Å². The Hall–Kier alpha value is -4.38. The van der Waals surface area contributed by atoms with Gasteiger partial charge in [0.2, 0.25) is 0 Å². The lowest BCUT2D eigenvalue weighted by molar-refractivity contribution is 0.0955. The van der Waals surface area contributed by atoms with Crippen molar-refractivity contribution in [2.24, 2.45) is 5.10 Å². The Labute approximate surface area is 185 Å². The second-order valence-electron chi connectivity index (χ2n) is 7.57. The molecule has 0 spiro atoms. The summed E-state index contributed by atoms with van der Waals surface area (Å²) in [5.41, 5.74) is 7.31. The van der Waals surface area contributed by atoms with Crippen LogP contribution in [0.2, 0.25) is 0 Å². The van der Waals surface area contributed by atoms with E-state index in [2.05, 4.69) is 57.2 Å². The van der Waals surface area contributed by atoms with Gasteiger partial charge in [0.1, 0.15) is 0 Å². The number of nitrogens with zero attached hydrogens (tertiary/aromatic N) is 1. The number of carbonyl (C=O) groups excluding carboxylic acids is 1. The van der Waals surface area contributed by atoms with Gasteiger partial charge in [-0.3, -0.25) is 4.79 Å². The van der Waals surface area contributed by atoms with Crippen LogP contribution in [-0.2, 0) is 6.54 Å². The summed E-state index contributed by atoms with van der Waals surface area (Å²) in [4.78, 5) is 15.8. The zero-order valence-corrected chi connectivity index (χ0v) is 17.4. The number of hydrogen-bond donors (Lipinski definition) is 3. The highest BCUT2D eigenvalue weighted by molar-refractivity contribution is 6.11. The Morgan fingerprint density at radius 1 is 0.844 bits per heavy atom. The molecule has 0 aliphatic carbocycles. The Bertz CT molecular complexity index is 1400.